The molecule has 3 aromatic rings. The second-order valence-corrected chi connectivity index (χ2v) is 6.80. The lowest BCUT2D eigenvalue weighted by Gasteiger charge is -2.04. The van der Waals surface area contributed by atoms with Gasteiger partial charge in [-0.3, -0.25) is 9.59 Å². The molecule has 4 N–H and O–H groups in total. The standard InChI is InChI=1S/C17H13N5O.C5H9NO2/c1-2-12-6-5-7-13(10-12)22-11-14(16(21-22)17(18)23)20-15-8-3-4-9-19-15;1-6-3-2-4(7)5(6)8/h1,3-11H,(H2,18,23)(H,19,20);4,7H,2-3H2,1H3/t;4-/m.0/s1. The Morgan fingerprint density at radius 2 is 2.13 bits per heavy atom. The van der Waals surface area contributed by atoms with Crippen molar-refractivity contribution in [2.45, 2.75) is 12.5 Å². The minimum Gasteiger partial charge on any atom is -0.383 e. The number of nitrogens with two attached hydrogens (primary N) is 1. The topological polar surface area (TPSA) is 126 Å². The monoisotopic (exact) mass is 418 g/mol. The number of amides is 2. The van der Waals surface area contributed by atoms with Crippen molar-refractivity contribution in [2.24, 2.45) is 5.73 Å². The number of carbonyl (C=O) groups excluding carboxylic acids is 2. The normalized spacial score (nSPS) is 15.1. The molecule has 9 heteroatoms. The molecule has 158 valence electrons. The smallest absolute Gasteiger partial charge is 0.271 e. The number of pyridine rings is 1. The molecule has 4 rings (SSSR count). The predicted octanol–water partition coefficient (Wildman–Crippen LogP) is 1.30. The fraction of sp³-hybridized carbons (Fsp3) is 0.182. The molecule has 0 aliphatic carbocycles. The zero-order valence-corrected chi connectivity index (χ0v) is 16.9. The summed E-state index contributed by atoms with van der Waals surface area (Å²) >= 11 is 0. The number of nitrogens with zero attached hydrogens (tertiary/aromatic N) is 4. The average Bonchev–Trinajstić information content (AvgIpc) is 3.34. The maximum absolute atomic E-state index is 11.6. The van der Waals surface area contributed by atoms with Gasteiger partial charge < -0.3 is 21.1 Å². The first-order valence-corrected chi connectivity index (χ1v) is 9.46. The van der Waals surface area contributed by atoms with E-state index in [0.29, 0.717) is 24.5 Å². The highest BCUT2D eigenvalue weighted by molar-refractivity contribution is 5.97. The number of rotatable bonds is 4. The van der Waals surface area contributed by atoms with Crippen LogP contribution in [0.1, 0.15) is 22.5 Å². The van der Waals surface area contributed by atoms with Gasteiger partial charge in [0.15, 0.2) is 5.69 Å². The molecule has 0 bridgehead atoms. The molecule has 2 amide bonds. The van der Waals surface area contributed by atoms with Gasteiger partial charge in [-0.1, -0.05) is 18.1 Å². The first kappa shape index (κ1) is 21.5. The third-order valence-electron chi connectivity index (χ3n) is 4.55. The van der Waals surface area contributed by atoms with Crippen molar-refractivity contribution in [3.63, 3.8) is 0 Å². The van der Waals surface area contributed by atoms with Crippen LogP contribution in [0.4, 0.5) is 11.5 Å². The summed E-state index contributed by atoms with van der Waals surface area (Å²) in [4.78, 5) is 27.9. The largest absolute Gasteiger partial charge is 0.383 e. The molecule has 1 aliphatic heterocycles. The van der Waals surface area contributed by atoms with Crippen molar-refractivity contribution in [1.82, 2.24) is 19.7 Å². The molecular formula is C22H22N6O3. The maximum Gasteiger partial charge on any atom is 0.271 e. The van der Waals surface area contributed by atoms with Crippen LogP contribution < -0.4 is 11.1 Å². The number of benzene rings is 1. The summed E-state index contributed by atoms with van der Waals surface area (Å²) in [7, 11) is 1.69. The molecule has 0 radical (unpaired) electrons. The SMILES string of the molecule is C#Cc1cccc(-n2cc(Nc3ccccn3)c(C(N)=O)n2)c1.CN1CC[C@H](O)C1=O. The minimum absolute atomic E-state index is 0.127. The van der Waals surface area contributed by atoms with E-state index in [2.05, 4.69) is 21.3 Å². The highest BCUT2D eigenvalue weighted by atomic mass is 16.3. The van der Waals surface area contributed by atoms with Crippen LogP contribution in [0.5, 0.6) is 0 Å². The van der Waals surface area contributed by atoms with Crippen LogP contribution in [0.3, 0.4) is 0 Å². The molecule has 0 spiro atoms. The van der Waals surface area contributed by atoms with Crippen molar-refractivity contribution in [3.05, 3.63) is 66.1 Å². The van der Waals surface area contributed by atoms with E-state index >= 15 is 0 Å². The Morgan fingerprint density at radius 1 is 1.32 bits per heavy atom. The van der Waals surface area contributed by atoms with E-state index in [-0.39, 0.29) is 11.6 Å². The molecule has 1 fully saturated rings. The number of hydrogen-bond acceptors (Lipinski definition) is 6. The number of primary amides is 1. The molecule has 1 atom stereocenters. The molecule has 9 nitrogen and oxygen atoms in total. The van der Waals surface area contributed by atoms with E-state index in [4.69, 9.17) is 17.3 Å². The third-order valence-corrected chi connectivity index (χ3v) is 4.55. The Bertz CT molecular complexity index is 1110. The van der Waals surface area contributed by atoms with E-state index in [0.717, 1.165) is 11.3 Å². The molecule has 0 unspecified atom stereocenters. The van der Waals surface area contributed by atoms with Crippen LogP contribution >= 0.6 is 0 Å². The van der Waals surface area contributed by atoms with Gasteiger partial charge >= 0.3 is 0 Å². The molecule has 1 aromatic carbocycles. The average molecular weight is 418 g/mol. The zero-order chi connectivity index (χ0) is 22.4. The predicted molar refractivity (Wildman–Crippen MR) is 116 cm³/mol. The van der Waals surface area contributed by atoms with Crippen molar-refractivity contribution < 1.29 is 14.7 Å². The minimum atomic E-state index is -0.722. The number of terminal acetylenes is 1. The number of nitrogens with one attached hydrogen (secondary N) is 1. The molecular weight excluding hydrogens is 396 g/mol. The lowest BCUT2D eigenvalue weighted by molar-refractivity contribution is -0.133. The maximum atomic E-state index is 11.6. The lowest BCUT2D eigenvalue weighted by atomic mass is 10.2. The van der Waals surface area contributed by atoms with Gasteiger partial charge in [-0.05, 0) is 36.8 Å². The van der Waals surface area contributed by atoms with Crippen molar-refractivity contribution >= 4 is 23.3 Å². The quantitative estimate of drug-likeness (QED) is 0.548. The number of likely N-dealkylation sites (tertiary alicyclic amines) is 1. The molecule has 0 saturated carbocycles. The third kappa shape index (κ3) is 5.26. The number of anilines is 2. The first-order chi connectivity index (χ1) is 14.9. The molecule has 1 saturated heterocycles. The second kappa shape index (κ2) is 9.56. The second-order valence-electron chi connectivity index (χ2n) is 6.80. The number of aliphatic hydroxyl groups excluding tert-OH is 1. The molecule has 31 heavy (non-hydrogen) atoms. The van der Waals surface area contributed by atoms with E-state index in [1.54, 1.807) is 42.3 Å². The fourth-order valence-corrected chi connectivity index (χ4v) is 2.90. The molecule has 1 aliphatic rings. The van der Waals surface area contributed by atoms with Gasteiger partial charge in [0.05, 0.1) is 17.6 Å². The van der Waals surface area contributed by atoms with Crippen molar-refractivity contribution in [3.8, 4) is 18.0 Å². The summed E-state index contributed by atoms with van der Waals surface area (Å²) in [6.07, 6.45) is 8.60. The van der Waals surface area contributed by atoms with Crippen molar-refractivity contribution in [1.29, 1.82) is 0 Å². The number of aliphatic hydroxyl groups is 1. The number of aromatic nitrogens is 3. The fourth-order valence-electron chi connectivity index (χ4n) is 2.90. The number of carbonyl (C=O) groups is 2. The van der Waals surface area contributed by atoms with Gasteiger partial charge in [-0.25, -0.2) is 9.67 Å². The van der Waals surface area contributed by atoms with Crippen LogP contribution in [-0.2, 0) is 4.79 Å². The van der Waals surface area contributed by atoms with Gasteiger partial charge in [0, 0.05) is 25.4 Å². The van der Waals surface area contributed by atoms with Crippen LogP contribution in [0.25, 0.3) is 5.69 Å². The Balaban J connectivity index is 0.000000287. The van der Waals surface area contributed by atoms with E-state index < -0.39 is 12.0 Å². The first-order valence-electron chi connectivity index (χ1n) is 9.46. The highest BCUT2D eigenvalue weighted by Gasteiger charge is 2.26. The van der Waals surface area contributed by atoms with Crippen LogP contribution in [0, 0.1) is 12.3 Å². The Hall–Kier alpha value is -4.16. The number of hydrogen-bond donors (Lipinski definition) is 3. The Morgan fingerprint density at radius 3 is 2.68 bits per heavy atom. The van der Waals surface area contributed by atoms with E-state index in [9.17, 15) is 9.59 Å². The van der Waals surface area contributed by atoms with Gasteiger partial charge in [0.25, 0.3) is 11.8 Å². The van der Waals surface area contributed by atoms with Crippen LogP contribution in [-0.4, -0.2) is 56.3 Å². The highest BCUT2D eigenvalue weighted by Crippen LogP contribution is 2.21. The molecule has 2 aromatic heterocycles. The van der Waals surface area contributed by atoms with Gasteiger partial charge in [-0.15, -0.1) is 6.42 Å². The summed E-state index contributed by atoms with van der Waals surface area (Å²) in [5.74, 6) is 2.37. The van der Waals surface area contributed by atoms with Crippen LogP contribution in [0.15, 0.2) is 54.9 Å². The Labute approximate surface area is 179 Å². The summed E-state index contributed by atoms with van der Waals surface area (Å²) in [5, 5.41) is 16.0. The lowest BCUT2D eigenvalue weighted by Crippen LogP contribution is -2.24. The van der Waals surface area contributed by atoms with Gasteiger partial charge in [-0.2, -0.15) is 5.10 Å². The summed E-state index contributed by atoms with van der Waals surface area (Å²) < 4.78 is 1.55. The number of likely N-dealkylation sites (N-methyl/N-ethyl adjacent to an activating group) is 1. The van der Waals surface area contributed by atoms with Gasteiger partial charge in [0.1, 0.15) is 11.9 Å². The molecule has 3 heterocycles. The summed E-state index contributed by atoms with van der Waals surface area (Å²) in [5.41, 5.74) is 7.46. The van der Waals surface area contributed by atoms with E-state index in [1.165, 1.54) is 4.90 Å². The van der Waals surface area contributed by atoms with Gasteiger partial charge in [0.2, 0.25) is 0 Å². The summed E-state index contributed by atoms with van der Waals surface area (Å²) in [6, 6.07) is 12.7. The van der Waals surface area contributed by atoms with Crippen LogP contribution in [0.2, 0.25) is 0 Å². The van der Waals surface area contributed by atoms with E-state index in [1.807, 2.05) is 24.3 Å². The van der Waals surface area contributed by atoms with Crippen molar-refractivity contribution in [2.75, 3.05) is 18.9 Å². The summed E-state index contributed by atoms with van der Waals surface area (Å²) in [6.45, 7) is 0.694. The Kier molecular flexibility index (Phi) is 6.64. The zero-order valence-electron chi connectivity index (χ0n) is 16.9.